The van der Waals surface area contributed by atoms with Crippen molar-refractivity contribution in [2.24, 2.45) is 0 Å². The van der Waals surface area contributed by atoms with Gasteiger partial charge in [-0.2, -0.15) is 13.2 Å². The number of carbonyl (C=O) groups excluding carboxylic acids is 3. The predicted molar refractivity (Wildman–Crippen MR) is 147 cm³/mol. The average Bonchev–Trinajstić information content (AvgIpc) is 3.35. The van der Waals surface area contributed by atoms with Gasteiger partial charge in [-0.05, 0) is 42.7 Å². The molecule has 0 bridgehead atoms. The number of hydrogen-bond acceptors (Lipinski definition) is 4. The third-order valence-corrected chi connectivity index (χ3v) is 7.28. The first-order valence-electron chi connectivity index (χ1n) is 13.4. The van der Waals surface area contributed by atoms with Crippen LogP contribution in [0, 0.1) is 6.92 Å². The van der Waals surface area contributed by atoms with Crippen molar-refractivity contribution in [3.05, 3.63) is 101 Å². The number of rotatable bonds is 9. The molecular formula is C31H31F4N3O4. The Labute approximate surface area is 240 Å². The highest BCUT2D eigenvalue weighted by molar-refractivity contribution is 5.97. The third-order valence-electron chi connectivity index (χ3n) is 7.28. The van der Waals surface area contributed by atoms with Crippen molar-refractivity contribution >= 4 is 17.7 Å². The molecule has 1 saturated heterocycles. The number of phenolic OH excluding ortho intramolecular Hbond substituents is 1. The zero-order chi connectivity index (χ0) is 30.4. The van der Waals surface area contributed by atoms with Crippen LogP contribution in [-0.2, 0) is 28.7 Å². The Morgan fingerprint density at radius 2 is 1.69 bits per heavy atom. The van der Waals surface area contributed by atoms with E-state index in [2.05, 4.69) is 10.6 Å². The molecule has 1 aliphatic heterocycles. The second kappa shape index (κ2) is 13.1. The Morgan fingerprint density at radius 3 is 2.40 bits per heavy atom. The fourth-order valence-corrected chi connectivity index (χ4v) is 5.09. The Hall–Kier alpha value is -4.41. The summed E-state index contributed by atoms with van der Waals surface area (Å²) in [5.74, 6) is -1.92. The molecule has 42 heavy (non-hydrogen) atoms. The molecule has 7 nitrogen and oxygen atoms in total. The van der Waals surface area contributed by atoms with Crippen LogP contribution in [0.2, 0.25) is 0 Å². The molecule has 1 heterocycles. The molecule has 0 saturated carbocycles. The molecule has 0 unspecified atom stereocenters. The van der Waals surface area contributed by atoms with Crippen LogP contribution in [-0.4, -0.2) is 52.5 Å². The minimum absolute atomic E-state index is 0.0592. The van der Waals surface area contributed by atoms with Gasteiger partial charge in [-0.15, -0.1) is 0 Å². The molecule has 0 spiro atoms. The zero-order valence-electron chi connectivity index (χ0n) is 22.8. The maximum atomic E-state index is 14.5. The largest absolute Gasteiger partial charge is 0.508 e. The van der Waals surface area contributed by atoms with Gasteiger partial charge in [0.25, 0.3) is 5.91 Å². The molecule has 0 aliphatic carbocycles. The van der Waals surface area contributed by atoms with Crippen molar-refractivity contribution in [2.45, 2.75) is 57.2 Å². The van der Waals surface area contributed by atoms with Gasteiger partial charge < -0.3 is 20.6 Å². The number of nitrogens with one attached hydrogen (secondary N) is 2. The lowest BCUT2D eigenvalue weighted by molar-refractivity contribution is -0.139. The van der Waals surface area contributed by atoms with E-state index in [-0.39, 0.29) is 42.7 Å². The molecule has 3 aromatic rings. The topological polar surface area (TPSA) is 98.7 Å². The molecule has 11 heteroatoms. The maximum absolute atomic E-state index is 14.5. The molecule has 1 aliphatic rings. The van der Waals surface area contributed by atoms with Gasteiger partial charge in [0.2, 0.25) is 11.8 Å². The van der Waals surface area contributed by atoms with Crippen LogP contribution >= 0.6 is 0 Å². The van der Waals surface area contributed by atoms with Gasteiger partial charge >= 0.3 is 6.18 Å². The second-order valence-corrected chi connectivity index (χ2v) is 10.3. The first-order valence-corrected chi connectivity index (χ1v) is 13.4. The smallest absolute Gasteiger partial charge is 0.416 e. The molecule has 0 aromatic heterocycles. The minimum Gasteiger partial charge on any atom is -0.508 e. The lowest BCUT2D eigenvalue weighted by atomic mass is 10.0. The Bertz CT molecular complexity index is 1430. The van der Waals surface area contributed by atoms with E-state index in [1.165, 1.54) is 36.4 Å². The van der Waals surface area contributed by atoms with Crippen LogP contribution in [0.4, 0.5) is 17.6 Å². The number of amides is 3. The molecule has 3 N–H and O–H groups in total. The van der Waals surface area contributed by atoms with Crippen molar-refractivity contribution in [3.63, 3.8) is 0 Å². The number of benzene rings is 3. The van der Waals surface area contributed by atoms with Crippen molar-refractivity contribution in [1.82, 2.24) is 15.5 Å². The molecule has 3 atom stereocenters. The molecular weight excluding hydrogens is 554 g/mol. The summed E-state index contributed by atoms with van der Waals surface area (Å²) >= 11 is 0. The summed E-state index contributed by atoms with van der Waals surface area (Å²) in [6.45, 7) is 0.789. The summed E-state index contributed by atoms with van der Waals surface area (Å²) in [6, 6.07) is 16.4. The lowest BCUT2D eigenvalue weighted by Gasteiger charge is -2.27. The normalized spacial score (nSPS) is 17.5. The fraction of sp³-hybridized carbons (Fsp3) is 0.323. The number of aromatic hydroxyl groups is 1. The Balaban J connectivity index is 1.48. The lowest BCUT2D eigenvalue weighted by Crippen LogP contribution is -2.48. The number of alkyl halides is 4. The Morgan fingerprint density at radius 1 is 1.00 bits per heavy atom. The van der Waals surface area contributed by atoms with Crippen molar-refractivity contribution < 1.29 is 37.1 Å². The summed E-state index contributed by atoms with van der Waals surface area (Å²) in [6.07, 6.45) is -6.41. The van der Waals surface area contributed by atoms with E-state index in [0.717, 1.165) is 16.5 Å². The summed E-state index contributed by atoms with van der Waals surface area (Å²) < 4.78 is 54.6. The number of likely N-dealkylation sites (tertiary alicyclic amines) is 1. The Kier molecular flexibility index (Phi) is 9.49. The van der Waals surface area contributed by atoms with Gasteiger partial charge in [0.15, 0.2) is 0 Å². The molecule has 3 aromatic carbocycles. The number of nitrogens with zero attached hydrogens (tertiary/aromatic N) is 1. The highest BCUT2D eigenvalue weighted by Gasteiger charge is 2.40. The van der Waals surface area contributed by atoms with Crippen molar-refractivity contribution in [1.29, 1.82) is 0 Å². The number of halogens is 4. The van der Waals surface area contributed by atoms with E-state index < -0.39 is 54.3 Å². The van der Waals surface area contributed by atoms with Crippen LogP contribution in [0.25, 0.3) is 0 Å². The van der Waals surface area contributed by atoms with Gasteiger partial charge in [-0.25, -0.2) is 4.39 Å². The molecule has 3 amide bonds. The van der Waals surface area contributed by atoms with E-state index in [1.54, 1.807) is 19.1 Å². The standard InChI is InChI=1S/C31H31F4N3O4/c1-19-24(11-7-13-27(19)39)29(41)37-23(14-20-8-3-2-4-9-20)16-28(40)38-18-22(32)15-26(38)30(42)36-17-21-10-5-6-12-25(21)31(33,34)35/h2-13,22-23,26,39H,14-18H2,1H3,(H,36,42)(H,37,41)/t22-,23+,26+/m1/s1. The van der Waals surface area contributed by atoms with Crippen LogP contribution < -0.4 is 10.6 Å². The van der Waals surface area contributed by atoms with Gasteiger partial charge in [-0.1, -0.05) is 54.6 Å². The molecule has 0 radical (unpaired) electrons. The number of phenols is 1. The first-order chi connectivity index (χ1) is 19.9. The van der Waals surface area contributed by atoms with E-state index in [1.807, 2.05) is 18.2 Å². The van der Waals surface area contributed by atoms with Crippen LogP contribution in [0.3, 0.4) is 0 Å². The minimum atomic E-state index is -4.62. The summed E-state index contributed by atoms with van der Waals surface area (Å²) in [7, 11) is 0. The van der Waals surface area contributed by atoms with E-state index in [9.17, 15) is 37.1 Å². The highest BCUT2D eigenvalue weighted by Crippen LogP contribution is 2.32. The average molecular weight is 586 g/mol. The SMILES string of the molecule is Cc1c(O)cccc1C(=O)N[C@H](CC(=O)N1C[C@H](F)C[C@H]1C(=O)NCc1ccccc1C(F)(F)F)Cc1ccccc1. The summed E-state index contributed by atoms with van der Waals surface area (Å²) in [4.78, 5) is 40.6. The summed E-state index contributed by atoms with van der Waals surface area (Å²) in [5.41, 5.74) is 0.365. The van der Waals surface area contributed by atoms with Crippen LogP contribution in [0.1, 0.15) is 45.5 Å². The molecule has 222 valence electrons. The monoisotopic (exact) mass is 585 g/mol. The number of carbonyl (C=O) groups is 3. The zero-order valence-corrected chi connectivity index (χ0v) is 22.8. The molecule has 4 rings (SSSR count). The first kappa shape index (κ1) is 30.5. The van der Waals surface area contributed by atoms with E-state index in [0.29, 0.717) is 5.56 Å². The highest BCUT2D eigenvalue weighted by atomic mass is 19.4. The fourth-order valence-electron chi connectivity index (χ4n) is 5.09. The predicted octanol–water partition coefficient (Wildman–Crippen LogP) is 4.71. The van der Waals surface area contributed by atoms with Crippen LogP contribution in [0.5, 0.6) is 5.75 Å². The third kappa shape index (κ3) is 7.45. The molecule has 1 fully saturated rings. The van der Waals surface area contributed by atoms with Crippen LogP contribution in [0.15, 0.2) is 72.8 Å². The van der Waals surface area contributed by atoms with Gasteiger partial charge in [-0.3, -0.25) is 14.4 Å². The second-order valence-electron chi connectivity index (χ2n) is 10.3. The van der Waals surface area contributed by atoms with Gasteiger partial charge in [0.1, 0.15) is 18.0 Å². The van der Waals surface area contributed by atoms with Gasteiger partial charge in [0.05, 0.1) is 12.1 Å². The van der Waals surface area contributed by atoms with Gasteiger partial charge in [0, 0.05) is 36.6 Å². The van der Waals surface area contributed by atoms with E-state index in [4.69, 9.17) is 0 Å². The van der Waals surface area contributed by atoms with Crippen molar-refractivity contribution in [2.75, 3.05) is 6.54 Å². The quantitative estimate of drug-likeness (QED) is 0.317. The van der Waals surface area contributed by atoms with E-state index >= 15 is 0 Å². The number of hydrogen-bond donors (Lipinski definition) is 3. The maximum Gasteiger partial charge on any atom is 0.416 e. The summed E-state index contributed by atoms with van der Waals surface area (Å²) in [5, 5.41) is 15.3. The van der Waals surface area contributed by atoms with Crippen molar-refractivity contribution in [3.8, 4) is 5.75 Å².